The van der Waals surface area contributed by atoms with Gasteiger partial charge in [-0.15, -0.1) is 0 Å². The first-order valence-electron chi connectivity index (χ1n) is 10.4. The Labute approximate surface area is 181 Å². The average Bonchev–Trinajstić information content (AvgIpc) is 2.74. The van der Waals surface area contributed by atoms with Crippen LogP contribution in [0.4, 0.5) is 5.82 Å². The SMILES string of the molecule is CC1CCCOc2ncc(C3CN(C)C3)cc2C(=O)Nc2cccc(n2)C(=N)N1C=N. The van der Waals surface area contributed by atoms with Crippen LogP contribution >= 0.6 is 0 Å². The van der Waals surface area contributed by atoms with E-state index >= 15 is 0 Å². The molecule has 2 aliphatic rings. The molecule has 9 heteroatoms. The van der Waals surface area contributed by atoms with E-state index in [9.17, 15) is 4.79 Å². The van der Waals surface area contributed by atoms with Gasteiger partial charge in [-0.2, -0.15) is 0 Å². The van der Waals surface area contributed by atoms with Crippen LogP contribution in [0.15, 0.2) is 30.5 Å². The molecule has 2 aromatic heterocycles. The van der Waals surface area contributed by atoms with E-state index in [1.807, 2.05) is 13.0 Å². The molecule has 0 aliphatic carbocycles. The second-order valence-electron chi connectivity index (χ2n) is 8.13. The summed E-state index contributed by atoms with van der Waals surface area (Å²) in [6, 6.07) is 6.92. The minimum Gasteiger partial charge on any atom is -0.477 e. The van der Waals surface area contributed by atoms with E-state index in [2.05, 4.69) is 27.2 Å². The van der Waals surface area contributed by atoms with Gasteiger partial charge in [-0.1, -0.05) is 6.07 Å². The van der Waals surface area contributed by atoms with Crippen LogP contribution in [0.5, 0.6) is 5.88 Å². The molecule has 31 heavy (non-hydrogen) atoms. The zero-order valence-electron chi connectivity index (χ0n) is 17.8. The fourth-order valence-electron chi connectivity index (χ4n) is 3.93. The predicted octanol–water partition coefficient (Wildman–Crippen LogP) is 2.55. The first kappa shape index (κ1) is 20.9. The van der Waals surface area contributed by atoms with Gasteiger partial charge in [-0.05, 0) is 50.6 Å². The van der Waals surface area contributed by atoms with Crippen molar-refractivity contribution in [2.45, 2.75) is 31.7 Å². The molecule has 1 unspecified atom stereocenters. The quantitative estimate of drug-likeness (QED) is 0.507. The molecule has 0 spiro atoms. The highest BCUT2D eigenvalue weighted by molar-refractivity contribution is 6.06. The highest BCUT2D eigenvalue weighted by Gasteiger charge is 2.27. The molecule has 1 atom stereocenters. The molecular weight excluding hydrogens is 394 g/mol. The van der Waals surface area contributed by atoms with Crippen LogP contribution in [0.2, 0.25) is 0 Å². The molecule has 1 fully saturated rings. The standard InChI is InChI=1S/C22H27N7O2/c1-14-5-4-8-31-22-17(9-15(10-25-22)16-11-28(2)12-16)21(30)27-19-7-3-6-18(26-19)20(24)29(14)13-23/h3,6-7,9-10,13-14,16,23-24H,4-5,8,11-12H2,1-2H3,(H,26,27,30). The lowest BCUT2D eigenvalue weighted by atomic mass is 9.92. The number of likely N-dealkylation sites (N-methyl/N-ethyl adjacent to an activating group) is 1. The van der Waals surface area contributed by atoms with Crippen LogP contribution in [-0.2, 0) is 0 Å². The Kier molecular flexibility index (Phi) is 5.94. The van der Waals surface area contributed by atoms with Gasteiger partial charge in [0.25, 0.3) is 5.91 Å². The number of aromatic nitrogens is 2. The fourth-order valence-corrected chi connectivity index (χ4v) is 3.93. The maximum atomic E-state index is 13.1. The van der Waals surface area contributed by atoms with E-state index in [-0.39, 0.29) is 17.8 Å². The Balaban J connectivity index is 1.68. The maximum Gasteiger partial charge on any atom is 0.262 e. The summed E-state index contributed by atoms with van der Waals surface area (Å²) in [5.41, 5.74) is 1.81. The van der Waals surface area contributed by atoms with Gasteiger partial charge < -0.3 is 19.9 Å². The number of ether oxygens (including phenoxy) is 1. The van der Waals surface area contributed by atoms with Gasteiger partial charge in [0.05, 0.1) is 12.9 Å². The third-order valence-electron chi connectivity index (χ3n) is 5.76. The molecule has 0 aromatic carbocycles. The number of nitrogens with zero attached hydrogens (tertiary/aromatic N) is 4. The van der Waals surface area contributed by atoms with Crippen molar-refractivity contribution in [1.82, 2.24) is 19.8 Å². The van der Waals surface area contributed by atoms with Crippen molar-refractivity contribution in [3.8, 4) is 5.88 Å². The largest absolute Gasteiger partial charge is 0.477 e. The minimum atomic E-state index is -0.345. The molecule has 9 nitrogen and oxygen atoms in total. The third kappa shape index (κ3) is 4.41. The number of carbonyl (C=O) groups is 1. The average molecular weight is 422 g/mol. The number of amides is 1. The number of fused-ring (bicyclic) bond motifs is 3. The first-order valence-corrected chi connectivity index (χ1v) is 10.4. The highest BCUT2D eigenvalue weighted by atomic mass is 16.5. The van der Waals surface area contributed by atoms with Gasteiger partial charge in [0, 0.05) is 31.2 Å². The number of pyridine rings is 2. The summed E-state index contributed by atoms with van der Waals surface area (Å²) >= 11 is 0. The number of likely N-dealkylation sites (tertiary alicyclic amines) is 1. The Morgan fingerprint density at radius 2 is 2.13 bits per heavy atom. The summed E-state index contributed by atoms with van der Waals surface area (Å²) in [6.07, 6.45) is 4.35. The van der Waals surface area contributed by atoms with Crippen molar-refractivity contribution in [1.29, 1.82) is 10.8 Å². The minimum absolute atomic E-state index is 0.0676. The van der Waals surface area contributed by atoms with E-state index in [0.717, 1.165) is 25.0 Å². The van der Waals surface area contributed by atoms with Gasteiger partial charge in [0.2, 0.25) is 5.88 Å². The molecule has 0 saturated carbocycles. The topological polar surface area (TPSA) is 118 Å². The molecule has 2 aliphatic heterocycles. The summed E-state index contributed by atoms with van der Waals surface area (Å²) in [6.45, 7) is 4.24. The summed E-state index contributed by atoms with van der Waals surface area (Å²) in [4.78, 5) is 25.8. The third-order valence-corrected chi connectivity index (χ3v) is 5.76. The van der Waals surface area contributed by atoms with Crippen LogP contribution in [0, 0.1) is 10.8 Å². The zero-order chi connectivity index (χ0) is 22.0. The Morgan fingerprint density at radius 3 is 2.87 bits per heavy atom. The van der Waals surface area contributed by atoms with E-state index in [0.29, 0.717) is 48.3 Å². The second-order valence-corrected chi connectivity index (χ2v) is 8.13. The van der Waals surface area contributed by atoms with E-state index in [4.69, 9.17) is 15.6 Å². The summed E-state index contributed by atoms with van der Waals surface area (Å²) in [5, 5.41) is 19.0. The Bertz CT molecular complexity index is 1000. The van der Waals surface area contributed by atoms with Gasteiger partial charge in [0.1, 0.15) is 17.1 Å². The smallest absolute Gasteiger partial charge is 0.262 e. The molecule has 2 aromatic rings. The lowest BCUT2D eigenvalue weighted by Crippen LogP contribution is -2.41. The van der Waals surface area contributed by atoms with Crippen LogP contribution in [0.25, 0.3) is 0 Å². The van der Waals surface area contributed by atoms with Crippen LogP contribution in [-0.4, -0.2) is 70.6 Å². The molecule has 0 radical (unpaired) electrons. The van der Waals surface area contributed by atoms with Crippen LogP contribution in [0.1, 0.15) is 47.3 Å². The summed E-state index contributed by atoms with van der Waals surface area (Å²) in [7, 11) is 2.07. The van der Waals surface area contributed by atoms with Gasteiger partial charge in [-0.25, -0.2) is 9.97 Å². The lowest BCUT2D eigenvalue weighted by Gasteiger charge is -2.36. The number of anilines is 1. The van der Waals surface area contributed by atoms with Crippen LogP contribution in [0.3, 0.4) is 0 Å². The van der Waals surface area contributed by atoms with Crippen molar-refractivity contribution in [3.63, 3.8) is 0 Å². The number of amidine groups is 1. The zero-order valence-corrected chi connectivity index (χ0v) is 17.8. The molecule has 1 amide bonds. The molecule has 1 saturated heterocycles. The molecular formula is C22H27N7O2. The van der Waals surface area contributed by atoms with Crippen molar-refractivity contribution in [2.24, 2.45) is 0 Å². The summed E-state index contributed by atoms with van der Waals surface area (Å²) in [5.74, 6) is 0.782. The predicted molar refractivity (Wildman–Crippen MR) is 118 cm³/mol. The first-order chi connectivity index (χ1) is 15.0. The van der Waals surface area contributed by atoms with Crippen molar-refractivity contribution in [2.75, 3.05) is 32.1 Å². The number of hydrogen-bond acceptors (Lipinski definition) is 7. The molecule has 162 valence electrons. The van der Waals surface area contributed by atoms with E-state index < -0.39 is 0 Å². The highest BCUT2D eigenvalue weighted by Crippen LogP contribution is 2.29. The molecule has 4 heterocycles. The summed E-state index contributed by atoms with van der Waals surface area (Å²) < 4.78 is 5.88. The Hall–Kier alpha value is -3.33. The van der Waals surface area contributed by atoms with Crippen molar-refractivity contribution < 1.29 is 9.53 Å². The van der Waals surface area contributed by atoms with Crippen molar-refractivity contribution in [3.05, 3.63) is 47.3 Å². The van der Waals surface area contributed by atoms with Gasteiger partial charge >= 0.3 is 0 Å². The van der Waals surface area contributed by atoms with Crippen molar-refractivity contribution >= 4 is 23.9 Å². The number of rotatable bonds is 2. The second kappa shape index (κ2) is 8.81. The molecule has 2 bridgehead atoms. The fraction of sp³-hybridized carbons (Fsp3) is 0.409. The number of carbonyl (C=O) groups excluding carboxylic acids is 1. The Morgan fingerprint density at radius 1 is 1.32 bits per heavy atom. The van der Waals surface area contributed by atoms with Gasteiger partial charge in [0.15, 0.2) is 5.84 Å². The number of hydrogen-bond donors (Lipinski definition) is 3. The maximum absolute atomic E-state index is 13.1. The number of nitrogens with one attached hydrogen (secondary N) is 3. The monoisotopic (exact) mass is 421 g/mol. The molecule has 4 rings (SSSR count). The van der Waals surface area contributed by atoms with Gasteiger partial charge in [-0.3, -0.25) is 15.6 Å². The van der Waals surface area contributed by atoms with E-state index in [1.54, 1.807) is 29.3 Å². The van der Waals surface area contributed by atoms with E-state index in [1.165, 1.54) is 0 Å². The lowest BCUT2D eigenvalue weighted by molar-refractivity contribution is 0.102. The molecule has 3 N–H and O–H groups in total. The normalized spacial score (nSPS) is 20.7. The van der Waals surface area contributed by atoms with Crippen LogP contribution < -0.4 is 10.1 Å².